The molecule has 3 rings (SSSR count). The fourth-order valence-corrected chi connectivity index (χ4v) is 4.33. The zero-order valence-electron chi connectivity index (χ0n) is 16.2. The van der Waals surface area contributed by atoms with Gasteiger partial charge in [-0.1, -0.05) is 6.07 Å². The van der Waals surface area contributed by atoms with Crippen LogP contribution in [0, 0.1) is 11.3 Å². The molecule has 7 heteroatoms. The first-order valence-electron chi connectivity index (χ1n) is 9.34. The van der Waals surface area contributed by atoms with Crippen molar-refractivity contribution in [1.29, 1.82) is 5.26 Å². The zero-order chi connectivity index (χ0) is 19.4. The highest BCUT2D eigenvalue weighted by atomic mass is 32.1. The molecule has 1 unspecified atom stereocenters. The Bertz CT molecular complexity index is 807. The molecule has 144 valence electrons. The first-order chi connectivity index (χ1) is 12.9. The van der Waals surface area contributed by atoms with Crippen LogP contribution in [0.2, 0.25) is 0 Å². The van der Waals surface area contributed by atoms with E-state index in [9.17, 15) is 10.1 Å². The molecule has 0 aromatic carbocycles. The van der Waals surface area contributed by atoms with Gasteiger partial charge in [0.05, 0.1) is 11.6 Å². The first-order valence-corrected chi connectivity index (χ1v) is 10.2. The van der Waals surface area contributed by atoms with Gasteiger partial charge in [-0.2, -0.15) is 5.26 Å². The molecular weight excluding hydrogens is 358 g/mol. The molecule has 1 aliphatic heterocycles. The third kappa shape index (κ3) is 4.71. The van der Waals surface area contributed by atoms with Crippen LogP contribution in [0.25, 0.3) is 0 Å². The second-order valence-corrected chi connectivity index (χ2v) is 8.86. The molecule has 1 fully saturated rings. The maximum Gasteiger partial charge on any atom is 0.320 e. The lowest BCUT2D eigenvalue weighted by atomic mass is 10.1. The Morgan fingerprint density at radius 3 is 2.70 bits per heavy atom. The van der Waals surface area contributed by atoms with Crippen LogP contribution in [0.5, 0.6) is 0 Å². The van der Waals surface area contributed by atoms with Crippen molar-refractivity contribution in [3.63, 3.8) is 0 Å². The summed E-state index contributed by atoms with van der Waals surface area (Å²) >= 11 is 1.73. The second-order valence-electron chi connectivity index (χ2n) is 7.88. The Morgan fingerprint density at radius 1 is 1.37 bits per heavy atom. The highest BCUT2D eigenvalue weighted by Gasteiger charge is 2.25. The van der Waals surface area contributed by atoms with Crippen LogP contribution in [0.3, 0.4) is 0 Å². The number of carbonyl (C=O) groups is 1. The number of hydrogen-bond donors (Lipinski definition) is 2. The third-order valence-corrected chi connectivity index (χ3v) is 5.80. The number of carbonyl (C=O) groups excluding carboxylic acids is 1. The van der Waals surface area contributed by atoms with E-state index >= 15 is 0 Å². The standard InChI is InChI=1S/C20H27N5OS/c1-20(2,3)25-14-15(12-21)11-18(25)23-19(26)22-13-16(17-7-6-10-27-17)24-8-4-5-9-24/h6-7,10-11,14,16H,4-5,8-9,13H2,1-3H3,(H2,22,23,26). The molecule has 2 aromatic heterocycles. The fraction of sp³-hybridized carbons (Fsp3) is 0.500. The van der Waals surface area contributed by atoms with Crippen molar-refractivity contribution < 1.29 is 4.79 Å². The van der Waals surface area contributed by atoms with Gasteiger partial charge in [0, 0.05) is 23.2 Å². The van der Waals surface area contributed by atoms with E-state index in [1.165, 1.54) is 17.7 Å². The van der Waals surface area contributed by atoms with E-state index in [4.69, 9.17) is 0 Å². The average molecular weight is 386 g/mol. The number of rotatable bonds is 5. The lowest BCUT2D eigenvalue weighted by Gasteiger charge is -2.27. The summed E-state index contributed by atoms with van der Waals surface area (Å²) in [5, 5.41) is 17.2. The molecule has 0 saturated carbocycles. The SMILES string of the molecule is CC(C)(C)n1cc(C#N)cc1NC(=O)NCC(c1cccs1)N1CCCC1. The summed E-state index contributed by atoms with van der Waals surface area (Å²) in [6, 6.07) is 8.01. The number of urea groups is 1. The number of anilines is 1. The summed E-state index contributed by atoms with van der Waals surface area (Å²) in [5.41, 5.74) is 0.306. The number of hydrogen-bond acceptors (Lipinski definition) is 4. The number of likely N-dealkylation sites (tertiary alicyclic amines) is 1. The summed E-state index contributed by atoms with van der Waals surface area (Å²) in [7, 11) is 0. The Kier molecular flexibility index (Phi) is 5.88. The van der Waals surface area contributed by atoms with E-state index in [-0.39, 0.29) is 17.6 Å². The van der Waals surface area contributed by atoms with Crippen molar-refractivity contribution in [1.82, 2.24) is 14.8 Å². The van der Waals surface area contributed by atoms with Crippen molar-refractivity contribution in [3.05, 3.63) is 40.2 Å². The van der Waals surface area contributed by atoms with E-state index in [2.05, 4.69) is 39.1 Å². The molecule has 3 heterocycles. The predicted octanol–water partition coefficient (Wildman–Crippen LogP) is 4.13. The second kappa shape index (κ2) is 8.15. The van der Waals surface area contributed by atoms with Gasteiger partial charge in [0.15, 0.2) is 0 Å². The topological polar surface area (TPSA) is 73.1 Å². The van der Waals surface area contributed by atoms with Crippen molar-refractivity contribution >= 4 is 23.2 Å². The van der Waals surface area contributed by atoms with E-state index in [0.717, 1.165) is 13.1 Å². The van der Waals surface area contributed by atoms with Crippen LogP contribution in [0.1, 0.15) is 50.1 Å². The van der Waals surface area contributed by atoms with Crippen molar-refractivity contribution in [2.75, 3.05) is 25.0 Å². The molecule has 1 aliphatic rings. The molecule has 27 heavy (non-hydrogen) atoms. The third-order valence-electron chi connectivity index (χ3n) is 4.82. The van der Waals surface area contributed by atoms with Gasteiger partial charge < -0.3 is 9.88 Å². The summed E-state index contributed by atoms with van der Waals surface area (Å²) in [5.74, 6) is 0.630. The van der Waals surface area contributed by atoms with Crippen LogP contribution in [0.15, 0.2) is 29.8 Å². The highest BCUT2D eigenvalue weighted by Crippen LogP contribution is 2.28. The quantitative estimate of drug-likeness (QED) is 0.812. The fourth-order valence-electron chi connectivity index (χ4n) is 3.47. The number of aromatic nitrogens is 1. The van der Waals surface area contributed by atoms with E-state index in [1.54, 1.807) is 23.6 Å². The van der Waals surface area contributed by atoms with Crippen molar-refractivity contribution in [2.45, 2.75) is 45.2 Å². The molecule has 0 aliphatic carbocycles. The molecule has 0 bridgehead atoms. The molecule has 2 aromatic rings. The number of nitriles is 1. The van der Waals surface area contributed by atoms with E-state index in [1.807, 2.05) is 25.3 Å². The Hall–Kier alpha value is -2.30. The van der Waals surface area contributed by atoms with Crippen LogP contribution < -0.4 is 10.6 Å². The summed E-state index contributed by atoms with van der Waals surface area (Å²) < 4.78 is 1.92. The van der Waals surface area contributed by atoms with Gasteiger partial charge in [0.25, 0.3) is 0 Å². The number of thiophene rings is 1. The maximum atomic E-state index is 12.5. The smallest absolute Gasteiger partial charge is 0.320 e. The Labute approximate surface area is 164 Å². The first kappa shape index (κ1) is 19.5. The summed E-state index contributed by atoms with van der Waals surface area (Å²) in [6.07, 6.45) is 4.20. The minimum absolute atomic E-state index is 0.210. The summed E-state index contributed by atoms with van der Waals surface area (Å²) in [6.45, 7) is 8.83. The van der Waals surface area contributed by atoms with Gasteiger partial charge in [0.1, 0.15) is 11.9 Å². The molecule has 2 N–H and O–H groups in total. The number of nitrogens with zero attached hydrogens (tertiary/aromatic N) is 3. The molecule has 1 atom stereocenters. The van der Waals surface area contributed by atoms with Gasteiger partial charge in [-0.3, -0.25) is 10.2 Å². The van der Waals surface area contributed by atoms with Gasteiger partial charge in [-0.15, -0.1) is 11.3 Å². The van der Waals surface area contributed by atoms with Gasteiger partial charge in [-0.25, -0.2) is 4.79 Å². The van der Waals surface area contributed by atoms with Gasteiger partial charge in [0.2, 0.25) is 0 Å². The highest BCUT2D eigenvalue weighted by molar-refractivity contribution is 7.10. The van der Waals surface area contributed by atoms with Crippen molar-refractivity contribution in [3.8, 4) is 6.07 Å². The van der Waals surface area contributed by atoms with Crippen LogP contribution >= 0.6 is 11.3 Å². The zero-order valence-corrected chi connectivity index (χ0v) is 17.0. The lowest BCUT2D eigenvalue weighted by Crippen LogP contribution is -2.39. The molecule has 0 radical (unpaired) electrons. The molecule has 0 spiro atoms. The number of amides is 2. The molecular formula is C20H27N5OS. The monoisotopic (exact) mass is 385 g/mol. The Morgan fingerprint density at radius 2 is 2.11 bits per heavy atom. The average Bonchev–Trinajstić information content (AvgIpc) is 3.36. The summed E-state index contributed by atoms with van der Waals surface area (Å²) in [4.78, 5) is 16.3. The Balaban J connectivity index is 1.67. The predicted molar refractivity (Wildman–Crippen MR) is 109 cm³/mol. The van der Waals surface area contributed by atoms with E-state index < -0.39 is 0 Å². The minimum atomic E-state index is -0.246. The largest absolute Gasteiger partial charge is 0.336 e. The van der Waals surface area contributed by atoms with Crippen LogP contribution in [0.4, 0.5) is 10.6 Å². The molecule has 2 amide bonds. The lowest BCUT2D eigenvalue weighted by molar-refractivity contribution is 0.229. The maximum absolute atomic E-state index is 12.5. The van der Waals surface area contributed by atoms with Crippen molar-refractivity contribution in [2.24, 2.45) is 0 Å². The minimum Gasteiger partial charge on any atom is -0.336 e. The van der Waals surface area contributed by atoms with Crippen LogP contribution in [-0.4, -0.2) is 35.1 Å². The molecule has 1 saturated heterocycles. The normalized spacial score (nSPS) is 16.1. The van der Waals surface area contributed by atoms with Gasteiger partial charge >= 0.3 is 6.03 Å². The molecule has 6 nitrogen and oxygen atoms in total. The van der Waals surface area contributed by atoms with Crippen LogP contribution in [-0.2, 0) is 5.54 Å². The van der Waals surface area contributed by atoms with E-state index in [0.29, 0.717) is 17.9 Å². The number of nitrogens with one attached hydrogen (secondary N) is 2. The van der Waals surface area contributed by atoms with Gasteiger partial charge in [-0.05, 0) is 64.2 Å².